The van der Waals surface area contributed by atoms with Crippen LogP contribution in [0.3, 0.4) is 0 Å². The molecule has 0 saturated heterocycles. The summed E-state index contributed by atoms with van der Waals surface area (Å²) in [4.78, 5) is 13.4. The first-order valence-corrected chi connectivity index (χ1v) is 6.64. The standard InChI is InChI=1S/C15H20N4/c1-4-12-9-17-8-6-14(12)15-18-10(2)13(5-7-16)11(3)19-15/h6,8-9H,4-5,7,16H2,1-3H3. The fourth-order valence-electron chi connectivity index (χ4n) is 2.29. The number of aryl methyl sites for hydroxylation is 3. The van der Waals surface area contributed by atoms with E-state index in [1.54, 1.807) is 6.20 Å². The molecule has 0 aromatic carbocycles. The van der Waals surface area contributed by atoms with Crippen molar-refractivity contribution in [3.63, 3.8) is 0 Å². The normalized spacial score (nSPS) is 10.7. The van der Waals surface area contributed by atoms with Gasteiger partial charge in [-0.1, -0.05) is 6.92 Å². The van der Waals surface area contributed by atoms with E-state index in [-0.39, 0.29) is 0 Å². The molecule has 0 radical (unpaired) electrons. The molecule has 0 amide bonds. The quantitative estimate of drug-likeness (QED) is 0.911. The van der Waals surface area contributed by atoms with Gasteiger partial charge in [0.15, 0.2) is 5.82 Å². The van der Waals surface area contributed by atoms with Gasteiger partial charge in [-0.3, -0.25) is 4.98 Å². The van der Waals surface area contributed by atoms with Crippen molar-refractivity contribution in [2.24, 2.45) is 5.73 Å². The van der Waals surface area contributed by atoms with Crippen molar-refractivity contribution >= 4 is 0 Å². The third kappa shape index (κ3) is 2.79. The second kappa shape index (κ2) is 5.89. The molecule has 19 heavy (non-hydrogen) atoms. The Kier molecular flexibility index (Phi) is 4.22. The minimum atomic E-state index is 0.625. The smallest absolute Gasteiger partial charge is 0.160 e. The summed E-state index contributed by atoms with van der Waals surface area (Å²) >= 11 is 0. The summed E-state index contributed by atoms with van der Waals surface area (Å²) in [6.45, 7) is 6.79. The van der Waals surface area contributed by atoms with Gasteiger partial charge in [-0.15, -0.1) is 0 Å². The minimum absolute atomic E-state index is 0.625. The van der Waals surface area contributed by atoms with E-state index in [1.165, 1.54) is 11.1 Å². The molecule has 0 spiro atoms. The molecule has 0 aliphatic carbocycles. The molecule has 2 aromatic rings. The van der Waals surface area contributed by atoms with Crippen LogP contribution in [0.25, 0.3) is 11.4 Å². The van der Waals surface area contributed by atoms with Crippen molar-refractivity contribution in [3.8, 4) is 11.4 Å². The van der Waals surface area contributed by atoms with E-state index in [1.807, 2.05) is 26.1 Å². The maximum atomic E-state index is 5.63. The number of rotatable bonds is 4. The van der Waals surface area contributed by atoms with Gasteiger partial charge in [-0.05, 0) is 50.4 Å². The SMILES string of the molecule is CCc1cnccc1-c1nc(C)c(CCN)c(C)n1. The van der Waals surface area contributed by atoms with Crippen LogP contribution in [0.2, 0.25) is 0 Å². The molecule has 4 heteroatoms. The summed E-state index contributed by atoms with van der Waals surface area (Å²) in [6, 6.07) is 1.98. The highest BCUT2D eigenvalue weighted by atomic mass is 14.9. The second-order valence-electron chi connectivity index (χ2n) is 4.62. The largest absolute Gasteiger partial charge is 0.330 e. The summed E-state index contributed by atoms with van der Waals surface area (Å²) in [6.07, 6.45) is 5.43. The zero-order valence-corrected chi connectivity index (χ0v) is 11.8. The zero-order valence-electron chi connectivity index (χ0n) is 11.8. The van der Waals surface area contributed by atoms with Crippen molar-refractivity contribution in [2.75, 3.05) is 6.54 Å². The van der Waals surface area contributed by atoms with Crippen LogP contribution in [0.5, 0.6) is 0 Å². The molecule has 0 atom stereocenters. The van der Waals surface area contributed by atoms with Gasteiger partial charge in [0.1, 0.15) is 0 Å². The molecule has 2 rings (SSSR count). The van der Waals surface area contributed by atoms with Gasteiger partial charge >= 0.3 is 0 Å². The topological polar surface area (TPSA) is 64.7 Å². The molecule has 0 bridgehead atoms. The van der Waals surface area contributed by atoms with Crippen LogP contribution in [0.4, 0.5) is 0 Å². The number of pyridine rings is 1. The average Bonchev–Trinajstić information content (AvgIpc) is 2.42. The highest BCUT2D eigenvalue weighted by Crippen LogP contribution is 2.22. The van der Waals surface area contributed by atoms with E-state index in [0.29, 0.717) is 6.54 Å². The van der Waals surface area contributed by atoms with Crippen LogP contribution < -0.4 is 5.73 Å². The Labute approximate surface area is 114 Å². The van der Waals surface area contributed by atoms with Gasteiger partial charge in [0.25, 0.3) is 0 Å². The van der Waals surface area contributed by atoms with Crippen LogP contribution in [-0.4, -0.2) is 21.5 Å². The molecule has 2 heterocycles. The summed E-state index contributed by atoms with van der Waals surface area (Å²) in [5.41, 5.74) is 11.1. The van der Waals surface area contributed by atoms with E-state index in [9.17, 15) is 0 Å². The van der Waals surface area contributed by atoms with Crippen LogP contribution in [0.15, 0.2) is 18.5 Å². The van der Waals surface area contributed by atoms with Crippen molar-refractivity contribution in [1.82, 2.24) is 15.0 Å². The molecule has 0 fully saturated rings. The van der Waals surface area contributed by atoms with E-state index in [2.05, 4.69) is 21.9 Å². The van der Waals surface area contributed by atoms with Gasteiger partial charge in [0, 0.05) is 29.3 Å². The highest BCUT2D eigenvalue weighted by molar-refractivity contribution is 5.59. The molecular weight excluding hydrogens is 236 g/mol. The van der Waals surface area contributed by atoms with Crippen LogP contribution in [0.1, 0.15) is 29.4 Å². The summed E-state index contributed by atoms with van der Waals surface area (Å²) in [7, 11) is 0. The Bertz CT molecular complexity index is 555. The molecule has 100 valence electrons. The lowest BCUT2D eigenvalue weighted by atomic mass is 10.1. The number of aromatic nitrogens is 3. The Hall–Kier alpha value is -1.81. The van der Waals surface area contributed by atoms with Crippen LogP contribution in [0, 0.1) is 13.8 Å². The third-order valence-corrected chi connectivity index (χ3v) is 3.34. The predicted octanol–water partition coefficient (Wildman–Crippen LogP) is 2.22. The Morgan fingerprint density at radius 2 is 1.84 bits per heavy atom. The van der Waals surface area contributed by atoms with Crippen molar-refractivity contribution in [2.45, 2.75) is 33.6 Å². The molecule has 0 aliphatic rings. The Balaban J connectivity index is 2.52. The lowest BCUT2D eigenvalue weighted by molar-refractivity contribution is 0.897. The minimum Gasteiger partial charge on any atom is -0.330 e. The fourth-order valence-corrected chi connectivity index (χ4v) is 2.29. The lowest BCUT2D eigenvalue weighted by Gasteiger charge is -2.11. The van der Waals surface area contributed by atoms with Crippen molar-refractivity contribution < 1.29 is 0 Å². The van der Waals surface area contributed by atoms with Gasteiger partial charge in [-0.2, -0.15) is 0 Å². The predicted molar refractivity (Wildman–Crippen MR) is 76.9 cm³/mol. The summed E-state index contributed by atoms with van der Waals surface area (Å²) < 4.78 is 0. The van der Waals surface area contributed by atoms with E-state index in [4.69, 9.17) is 5.73 Å². The number of hydrogen-bond acceptors (Lipinski definition) is 4. The Morgan fingerprint density at radius 1 is 1.16 bits per heavy atom. The first-order valence-electron chi connectivity index (χ1n) is 6.64. The van der Waals surface area contributed by atoms with Gasteiger partial charge in [0.05, 0.1) is 0 Å². The van der Waals surface area contributed by atoms with Gasteiger partial charge < -0.3 is 5.73 Å². The van der Waals surface area contributed by atoms with Crippen LogP contribution in [-0.2, 0) is 12.8 Å². The monoisotopic (exact) mass is 256 g/mol. The molecule has 0 unspecified atom stereocenters. The van der Waals surface area contributed by atoms with Gasteiger partial charge in [-0.25, -0.2) is 9.97 Å². The number of hydrogen-bond donors (Lipinski definition) is 1. The van der Waals surface area contributed by atoms with E-state index >= 15 is 0 Å². The lowest BCUT2D eigenvalue weighted by Crippen LogP contribution is -2.09. The van der Waals surface area contributed by atoms with Crippen LogP contribution >= 0.6 is 0 Å². The molecule has 2 N–H and O–H groups in total. The third-order valence-electron chi connectivity index (χ3n) is 3.34. The maximum absolute atomic E-state index is 5.63. The van der Waals surface area contributed by atoms with Crippen molar-refractivity contribution in [3.05, 3.63) is 41.0 Å². The maximum Gasteiger partial charge on any atom is 0.160 e. The fraction of sp³-hybridized carbons (Fsp3) is 0.400. The van der Waals surface area contributed by atoms with E-state index < -0.39 is 0 Å². The number of nitrogens with two attached hydrogens (primary N) is 1. The van der Waals surface area contributed by atoms with Crippen molar-refractivity contribution in [1.29, 1.82) is 0 Å². The molecule has 0 saturated carbocycles. The highest BCUT2D eigenvalue weighted by Gasteiger charge is 2.11. The summed E-state index contributed by atoms with van der Waals surface area (Å²) in [5.74, 6) is 0.787. The first kappa shape index (κ1) is 13.6. The molecular formula is C15H20N4. The summed E-state index contributed by atoms with van der Waals surface area (Å²) in [5, 5.41) is 0. The Morgan fingerprint density at radius 3 is 2.42 bits per heavy atom. The number of nitrogens with zero attached hydrogens (tertiary/aromatic N) is 3. The zero-order chi connectivity index (χ0) is 13.8. The molecule has 0 aliphatic heterocycles. The van der Waals surface area contributed by atoms with E-state index in [0.717, 1.165) is 35.6 Å². The first-order chi connectivity index (χ1) is 9.17. The average molecular weight is 256 g/mol. The molecule has 4 nitrogen and oxygen atoms in total. The molecule has 2 aromatic heterocycles. The second-order valence-corrected chi connectivity index (χ2v) is 4.62. The van der Waals surface area contributed by atoms with Gasteiger partial charge in [0.2, 0.25) is 0 Å².